The molecule has 0 radical (unpaired) electrons. The summed E-state index contributed by atoms with van der Waals surface area (Å²) < 4.78 is 24.4. The molecule has 1 aromatic carbocycles. The van der Waals surface area contributed by atoms with Gasteiger partial charge in [0, 0.05) is 10.7 Å². The van der Waals surface area contributed by atoms with Crippen molar-refractivity contribution in [3.05, 3.63) is 46.3 Å². The van der Waals surface area contributed by atoms with Crippen LogP contribution in [-0.2, 0) is 0 Å². The third kappa shape index (κ3) is 3.05. The Kier molecular flexibility index (Phi) is 4.19. The number of benzene rings is 1. The summed E-state index contributed by atoms with van der Waals surface area (Å²) in [5, 5.41) is 8.89. The van der Waals surface area contributed by atoms with Gasteiger partial charge in [0.15, 0.2) is 17.3 Å². The van der Waals surface area contributed by atoms with Gasteiger partial charge in [-0.25, -0.2) is 14.2 Å². The number of pyridine rings is 1. The van der Waals surface area contributed by atoms with Crippen LogP contribution in [0.4, 0.5) is 4.39 Å². The van der Waals surface area contributed by atoms with Crippen LogP contribution < -0.4 is 9.47 Å². The van der Waals surface area contributed by atoms with Gasteiger partial charge in [-0.1, -0.05) is 0 Å². The Labute approximate surface area is 122 Å². The van der Waals surface area contributed by atoms with Crippen LogP contribution in [0.5, 0.6) is 17.4 Å². The minimum atomic E-state index is -1.09. The Morgan fingerprint density at radius 1 is 1.35 bits per heavy atom. The number of carbonyl (C=O) groups is 1. The molecule has 2 aromatic rings. The molecule has 0 aliphatic carbocycles. The fraction of sp³-hybridized carbons (Fsp3) is 0.0769. The number of methoxy groups -OCH3 is 1. The Hall–Kier alpha value is -2.15. The van der Waals surface area contributed by atoms with Gasteiger partial charge in [-0.3, -0.25) is 0 Å². The fourth-order valence-electron chi connectivity index (χ4n) is 1.47. The molecular formula is C13H9BrFNO4. The summed E-state index contributed by atoms with van der Waals surface area (Å²) in [4.78, 5) is 14.6. The smallest absolute Gasteiger partial charge is 0.335 e. The standard InChI is InChI=1S/C13H9BrFNO4/c1-19-11-4-7(13(17)18)2-3-10(11)20-12-9(15)5-8(14)6-16-12/h2-6H,1H3,(H,17,18). The van der Waals surface area contributed by atoms with Crippen LogP contribution in [0.25, 0.3) is 0 Å². The van der Waals surface area contributed by atoms with E-state index < -0.39 is 11.8 Å². The molecule has 0 saturated heterocycles. The van der Waals surface area contributed by atoms with Crippen molar-refractivity contribution in [2.75, 3.05) is 7.11 Å². The maximum absolute atomic E-state index is 13.6. The van der Waals surface area contributed by atoms with E-state index >= 15 is 0 Å². The zero-order valence-corrected chi connectivity index (χ0v) is 11.8. The predicted octanol–water partition coefficient (Wildman–Crippen LogP) is 3.48. The highest BCUT2D eigenvalue weighted by Gasteiger charge is 2.13. The predicted molar refractivity (Wildman–Crippen MR) is 71.9 cm³/mol. The molecule has 20 heavy (non-hydrogen) atoms. The molecule has 0 unspecified atom stereocenters. The molecule has 0 aliphatic rings. The highest BCUT2D eigenvalue weighted by atomic mass is 79.9. The number of halogens is 2. The Morgan fingerprint density at radius 3 is 2.70 bits per heavy atom. The molecule has 0 fully saturated rings. The van der Waals surface area contributed by atoms with Gasteiger partial charge < -0.3 is 14.6 Å². The number of aromatic carboxylic acids is 1. The second kappa shape index (κ2) is 5.87. The average molecular weight is 342 g/mol. The number of hydrogen-bond donors (Lipinski definition) is 1. The monoisotopic (exact) mass is 341 g/mol. The Morgan fingerprint density at radius 2 is 2.10 bits per heavy atom. The van der Waals surface area contributed by atoms with Crippen LogP contribution in [0.15, 0.2) is 34.9 Å². The van der Waals surface area contributed by atoms with Crippen molar-refractivity contribution in [3.63, 3.8) is 0 Å². The lowest BCUT2D eigenvalue weighted by molar-refractivity contribution is 0.0696. The summed E-state index contributed by atoms with van der Waals surface area (Å²) in [5.74, 6) is -1.62. The van der Waals surface area contributed by atoms with E-state index in [9.17, 15) is 9.18 Å². The van der Waals surface area contributed by atoms with Gasteiger partial charge in [-0.15, -0.1) is 0 Å². The highest BCUT2D eigenvalue weighted by Crippen LogP contribution is 2.33. The lowest BCUT2D eigenvalue weighted by Crippen LogP contribution is -1.99. The van der Waals surface area contributed by atoms with Crippen molar-refractivity contribution in [2.24, 2.45) is 0 Å². The summed E-state index contributed by atoms with van der Waals surface area (Å²) >= 11 is 3.09. The minimum absolute atomic E-state index is 0.0402. The first-order valence-electron chi connectivity index (χ1n) is 5.41. The van der Waals surface area contributed by atoms with Crippen LogP contribution in [0.3, 0.4) is 0 Å². The lowest BCUT2D eigenvalue weighted by atomic mass is 10.2. The van der Waals surface area contributed by atoms with Crippen LogP contribution in [-0.4, -0.2) is 23.2 Å². The fourth-order valence-corrected chi connectivity index (χ4v) is 1.77. The molecule has 1 aromatic heterocycles. The van der Waals surface area contributed by atoms with Crippen molar-refractivity contribution in [1.29, 1.82) is 0 Å². The maximum atomic E-state index is 13.6. The summed E-state index contributed by atoms with van der Waals surface area (Å²) in [5.41, 5.74) is 0.0402. The zero-order chi connectivity index (χ0) is 14.7. The Bertz CT molecular complexity index is 663. The minimum Gasteiger partial charge on any atom is -0.493 e. The van der Waals surface area contributed by atoms with Gasteiger partial charge >= 0.3 is 5.97 Å². The van der Waals surface area contributed by atoms with Crippen molar-refractivity contribution in [3.8, 4) is 17.4 Å². The third-order valence-corrected chi connectivity index (χ3v) is 2.82. The van der Waals surface area contributed by atoms with E-state index in [0.29, 0.717) is 4.47 Å². The molecule has 104 valence electrons. The normalized spacial score (nSPS) is 10.2. The van der Waals surface area contributed by atoms with E-state index in [4.69, 9.17) is 14.6 Å². The van der Waals surface area contributed by atoms with Crippen LogP contribution in [0, 0.1) is 5.82 Å². The SMILES string of the molecule is COc1cc(C(=O)O)ccc1Oc1ncc(Br)cc1F. The number of nitrogens with zero attached hydrogens (tertiary/aromatic N) is 1. The second-order valence-corrected chi connectivity index (χ2v) is 4.63. The van der Waals surface area contributed by atoms with Crippen LogP contribution in [0.1, 0.15) is 10.4 Å². The molecule has 0 bridgehead atoms. The number of aromatic nitrogens is 1. The molecule has 0 saturated carbocycles. The highest BCUT2D eigenvalue weighted by molar-refractivity contribution is 9.10. The van der Waals surface area contributed by atoms with E-state index in [1.165, 1.54) is 37.6 Å². The van der Waals surface area contributed by atoms with Crippen molar-refractivity contribution >= 4 is 21.9 Å². The molecule has 2 rings (SSSR count). The molecule has 0 atom stereocenters. The maximum Gasteiger partial charge on any atom is 0.335 e. The van der Waals surface area contributed by atoms with Gasteiger partial charge in [0.05, 0.1) is 12.7 Å². The molecule has 1 N–H and O–H groups in total. The quantitative estimate of drug-likeness (QED) is 0.921. The van der Waals surface area contributed by atoms with Gasteiger partial charge in [0.25, 0.3) is 5.88 Å². The van der Waals surface area contributed by atoms with Crippen molar-refractivity contribution < 1.29 is 23.8 Å². The van der Waals surface area contributed by atoms with Gasteiger partial charge in [0.1, 0.15) is 0 Å². The van der Waals surface area contributed by atoms with E-state index in [0.717, 1.165) is 0 Å². The summed E-state index contributed by atoms with van der Waals surface area (Å²) in [7, 11) is 1.36. The molecule has 1 heterocycles. The van der Waals surface area contributed by atoms with Crippen LogP contribution >= 0.6 is 15.9 Å². The van der Waals surface area contributed by atoms with Crippen molar-refractivity contribution in [2.45, 2.75) is 0 Å². The second-order valence-electron chi connectivity index (χ2n) is 3.71. The molecule has 0 aliphatic heterocycles. The first-order valence-corrected chi connectivity index (χ1v) is 6.21. The number of carboxylic acids is 1. The number of carboxylic acid groups (broad SMARTS) is 1. The van der Waals surface area contributed by atoms with Gasteiger partial charge in [-0.05, 0) is 40.2 Å². The van der Waals surface area contributed by atoms with Crippen molar-refractivity contribution in [1.82, 2.24) is 4.98 Å². The lowest BCUT2D eigenvalue weighted by Gasteiger charge is -2.10. The average Bonchev–Trinajstić information content (AvgIpc) is 2.42. The molecular weight excluding hydrogens is 333 g/mol. The number of ether oxygens (including phenoxy) is 2. The number of hydrogen-bond acceptors (Lipinski definition) is 4. The topological polar surface area (TPSA) is 68.7 Å². The number of rotatable bonds is 4. The summed E-state index contributed by atoms with van der Waals surface area (Å²) in [6, 6.07) is 5.21. The van der Waals surface area contributed by atoms with E-state index in [1.807, 2.05) is 0 Å². The zero-order valence-electron chi connectivity index (χ0n) is 10.3. The molecule has 5 nitrogen and oxygen atoms in total. The van der Waals surface area contributed by atoms with E-state index in [-0.39, 0.29) is 22.9 Å². The van der Waals surface area contributed by atoms with Crippen LogP contribution in [0.2, 0.25) is 0 Å². The first kappa shape index (κ1) is 14.3. The summed E-state index contributed by atoms with van der Waals surface area (Å²) in [6.07, 6.45) is 1.39. The molecule has 0 amide bonds. The Balaban J connectivity index is 2.35. The third-order valence-electron chi connectivity index (χ3n) is 2.39. The largest absolute Gasteiger partial charge is 0.493 e. The van der Waals surface area contributed by atoms with E-state index in [1.54, 1.807) is 0 Å². The molecule has 7 heteroatoms. The van der Waals surface area contributed by atoms with Gasteiger partial charge in [-0.2, -0.15) is 0 Å². The molecule has 0 spiro atoms. The van der Waals surface area contributed by atoms with E-state index in [2.05, 4.69) is 20.9 Å². The first-order chi connectivity index (χ1) is 9.51. The van der Waals surface area contributed by atoms with Gasteiger partial charge in [0.2, 0.25) is 0 Å². The summed E-state index contributed by atoms with van der Waals surface area (Å²) in [6.45, 7) is 0.